The van der Waals surface area contributed by atoms with Crippen LogP contribution in [0.1, 0.15) is 5.56 Å². The van der Waals surface area contributed by atoms with E-state index in [1.54, 1.807) is 0 Å². The zero-order valence-corrected chi connectivity index (χ0v) is 4.46. The summed E-state index contributed by atoms with van der Waals surface area (Å²) in [4.78, 5) is 10.5. The first kappa shape index (κ1) is 5.61. The lowest BCUT2D eigenvalue weighted by atomic mass is 10.4. The topological polar surface area (TPSA) is 81.2 Å². The van der Waals surface area contributed by atoms with Gasteiger partial charge in [0, 0.05) is 6.20 Å². The summed E-state index contributed by atoms with van der Waals surface area (Å²) in [5, 5.41) is 15.4. The van der Waals surface area contributed by atoms with Gasteiger partial charge in [-0.25, -0.2) is 0 Å². The third kappa shape index (κ3) is 0.987. The molecule has 3 N–H and O–H groups in total. The molecule has 9 heavy (non-hydrogen) atoms. The van der Waals surface area contributed by atoms with Gasteiger partial charge >= 0.3 is 0 Å². The summed E-state index contributed by atoms with van der Waals surface area (Å²) in [7, 11) is 0. The molecule has 0 aliphatic heterocycles. The Hall–Kier alpha value is -1.52. The van der Waals surface area contributed by atoms with Crippen LogP contribution in [-0.4, -0.2) is 21.6 Å². The highest BCUT2D eigenvalue weighted by Gasteiger charge is 1.92. The van der Waals surface area contributed by atoms with E-state index in [0.29, 0.717) is 5.56 Å². The van der Waals surface area contributed by atoms with Crippen LogP contribution in [0.4, 0.5) is 0 Å². The van der Waals surface area contributed by atoms with Gasteiger partial charge in [-0.05, 0) is 0 Å². The Bertz CT molecular complexity index is 259. The second-order valence-electron chi connectivity index (χ2n) is 1.44. The van der Waals surface area contributed by atoms with Crippen molar-refractivity contribution >= 4 is 6.21 Å². The van der Waals surface area contributed by atoms with E-state index in [-0.39, 0.29) is 5.56 Å². The van der Waals surface area contributed by atoms with Crippen LogP contribution in [0.15, 0.2) is 16.1 Å². The minimum Gasteiger partial charge on any atom is -0.411 e. The molecule has 1 rings (SSSR count). The number of nitrogens with zero attached hydrogens (tertiary/aromatic N) is 1. The normalized spacial score (nSPS) is 10.7. The molecule has 0 saturated heterocycles. The standard InChI is InChI=1S/C4H5N3O2/c8-4-3(2-6-9)1-5-7-4/h1-2,9H,(H2,5,7,8)/b6-2+. The highest BCUT2D eigenvalue weighted by Crippen LogP contribution is 1.77. The van der Waals surface area contributed by atoms with Gasteiger partial charge in [-0.2, -0.15) is 0 Å². The molecule has 0 aliphatic rings. The maximum atomic E-state index is 10.5. The third-order valence-corrected chi connectivity index (χ3v) is 0.872. The lowest BCUT2D eigenvalue weighted by Gasteiger charge is -1.71. The van der Waals surface area contributed by atoms with Crippen molar-refractivity contribution in [3.05, 3.63) is 22.1 Å². The minimum atomic E-state index is -0.298. The first-order valence-corrected chi connectivity index (χ1v) is 2.28. The van der Waals surface area contributed by atoms with E-state index in [9.17, 15) is 4.79 Å². The Morgan fingerprint density at radius 3 is 3.00 bits per heavy atom. The molecule has 0 spiro atoms. The van der Waals surface area contributed by atoms with Gasteiger partial charge in [0.2, 0.25) is 0 Å². The lowest BCUT2D eigenvalue weighted by molar-refractivity contribution is 0.322. The van der Waals surface area contributed by atoms with Gasteiger partial charge in [0.1, 0.15) is 0 Å². The van der Waals surface area contributed by atoms with Gasteiger partial charge in [0.15, 0.2) is 0 Å². The maximum absolute atomic E-state index is 10.5. The van der Waals surface area contributed by atoms with Gasteiger partial charge in [0.05, 0.1) is 11.8 Å². The summed E-state index contributed by atoms with van der Waals surface area (Å²) in [6.07, 6.45) is 2.46. The van der Waals surface area contributed by atoms with E-state index in [2.05, 4.69) is 15.4 Å². The van der Waals surface area contributed by atoms with Crippen LogP contribution in [-0.2, 0) is 0 Å². The van der Waals surface area contributed by atoms with Crippen molar-refractivity contribution in [2.75, 3.05) is 0 Å². The number of aromatic amines is 2. The van der Waals surface area contributed by atoms with Crippen molar-refractivity contribution < 1.29 is 5.21 Å². The summed E-state index contributed by atoms with van der Waals surface area (Å²) >= 11 is 0. The molecule has 0 fully saturated rings. The quantitative estimate of drug-likeness (QED) is 0.270. The van der Waals surface area contributed by atoms with Crippen LogP contribution in [0.3, 0.4) is 0 Å². The summed E-state index contributed by atoms with van der Waals surface area (Å²) in [6, 6.07) is 0. The van der Waals surface area contributed by atoms with Crippen molar-refractivity contribution in [3.8, 4) is 0 Å². The zero-order chi connectivity index (χ0) is 6.69. The number of hydrogen-bond donors (Lipinski definition) is 3. The Morgan fingerprint density at radius 2 is 2.56 bits per heavy atom. The van der Waals surface area contributed by atoms with Crippen molar-refractivity contribution in [1.29, 1.82) is 0 Å². The molecule has 1 aromatic rings. The fraction of sp³-hybridized carbons (Fsp3) is 0. The van der Waals surface area contributed by atoms with Crippen LogP contribution in [0, 0.1) is 0 Å². The van der Waals surface area contributed by atoms with Crippen LogP contribution in [0.25, 0.3) is 0 Å². The third-order valence-electron chi connectivity index (χ3n) is 0.872. The average Bonchev–Trinajstić information content (AvgIpc) is 2.18. The molecule has 48 valence electrons. The highest BCUT2D eigenvalue weighted by molar-refractivity contribution is 5.77. The molecule has 5 heteroatoms. The first-order valence-electron chi connectivity index (χ1n) is 2.28. The average molecular weight is 127 g/mol. The molecule has 0 amide bonds. The number of rotatable bonds is 1. The van der Waals surface area contributed by atoms with Gasteiger partial charge in [0.25, 0.3) is 5.56 Å². The predicted molar refractivity (Wildman–Crippen MR) is 30.8 cm³/mol. The molecular weight excluding hydrogens is 122 g/mol. The molecule has 0 saturated carbocycles. The van der Waals surface area contributed by atoms with Crippen LogP contribution < -0.4 is 5.56 Å². The number of hydrogen-bond acceptors (Lipinski definition) is 3. The Labute approximate surface area is 50.0 Å². The SMILES string of the molecule is O=c1[nH][nH]cc1/C=N/O. The second kappa shape index (κ2) is 2.17. The van der Waals surface area contributed by atoms with Crippen LogP contribution in [0.5, 0.6) is 0 Å². The van der Waals surface area contributed by atoms with Crippen LogP contribution in [0.2, 0.25) is 0 Å². The smallest absolute Gasteiger partial charge is 0.272 e. The van der Waals surface area contributed by atoms with Gasteiger partial charge in [-0.1, -0.05) is 5.16 Å². The van der Waals surface area contributed by atoms with Crippen LogP contribution >= 0.6 is 0 Å². The Morgan fingerprint density at radius 1 is 1.78 bits per heavy atom. The summed E-state index contributed by atoms with van der Waals surface area (Å²) in [5.74, 6) is 0. The van der Waals surface area contributed by atoms with Crippen molar-refractivity contribution in [2.24, 2.45) is 5.16 Å². The highest BCUT2D eigenvalue weighted by atomic mass is 16.4. The summed E-state index contributed by atoms with van der Waals surface area (Å²) in [5.41, 5.74) is 0.00491. The van der Waals surface area contributed by atoms with Gasteiger partial charge < -0.3 is 10.3 Å². The van der Waals surface area contributed by atoms with Crippen molar-refractivity contribution in [2.45, 2.75) is 0 Å². The lowest BCUT2D eigenvalue weighted by Crippen LogP contribution is -2.03. The number of aromatic nitrogens is 2. The molecule has 1 aromatic heterocycles. The molecule has 0 aromatic carbocycles. The molecule has 0 atom stereocenters. The van der Waals surface area contributed by atoms with Gasteiger partial charge in [-0.15, -0.1) is 0 Å². The molecular formula is C4H5N3O2. The van der Waals surface area contributed by atoms with E-state index in [1.165, 1.54) is 6.20 Å². The molecule has 5 nitrogen and oxygen atoms in total. The Balaban J connectivity index is 3.08. The fourth-order valence-electron chi connectivity index (χ4n) is 0.475. The monoisotopic (exact) mass is 127 g/mol. The van der Waals surface area contributed by atoms with E-state index < -0.39 is 0 Å². The number of nitrogens with one attached hydrogen (secondary N) is 2. The Kier molecular flexibility index (Phi) is 1.35. The minimum absolute atomic E-state index is 0.298. The molecule has 1 heterocycles. The summed E-state index contributed by atoms with van der Waals surface area (Å²) in [6.45, 7) is 0. The fourth-order valence-corrected chi connectivity index (χ4v) is 0.475. The molecule has 0 bridgehead atoms. The molecule has 0 radical (unpaired) electrons. The first-order chi connectivity index (χ1) is 4.34. The molecule has 0 unspecified atom stereocenters. The van der Waals surface area contributed by atoms with E-state index in [0.717, 1.165) is 6.21 Å². The van der Waals surface area contributed by atoms with E-state index in [1.807, 2.05) is 0 Å². The number of oxime groups is 1. The maximum Gasteiger partial charge on any atom is 0.272 e. The van der Waals surface area contributed by atoms with Gasteiger partial charge in [-0.3, -0.25) is 9.89 Å². The second-order valence-corrected chi connectivity index (χ2v) is 1.44. The number of H-pyrrole nitrogens is 2. The van der Waals surface area contributed by atoms with Crippen molar-refractivity contribution in [1.82, 2.24) is 10.2 Å². The largest absolute Gasteiger partial charge is 0.411 e. The predicted octanol–water partition coefficient (Wildman–Crippen LogP) is -0.489. The van der Waals surface area contributed by atoms with Crippen molar-refractivity contribution in [3.63, 3.8) is 0 Å². The van der Waals surface area contributed by atoms with E-state index in [4.69, 9.17) is 5.21 Å². The molecule has 0 aliphatic carbocycles. The summed E-state index contributed by atoms with van der Waals surface area (Å²) < 4.78 is 0. The zero-order valence-electron chi connectivity index (χ0n) is 4.46. The van der Waals surface area contributed by atoms with E-state index >= 15 is 0 Å².